The smallest absolute Gasteiger partial charge is 0.304 e. The van der Waals surface area contributed by atoms with Gasteiger partial charge in [0.1, 0.15) is 0 Å². The van der Waals surface area contributed by atoms with Gasteiger partial charge in [0, 0.05) is 39.6 Å². The van der Waals surface area contributed by atoms with Crippen molar-refractivity contribution < 1.29 is 23.1 Å². The van der Waals surface area contributed by atoms with E-state index in [0.717, 1.165) is 30.2 Å². The van der Waals surface area contributed by atoms with Gasteiger partial charge in [-0.25, -0.2) is 4.72 Å². The number of amides is 1. The number of nitrogens with zero attached hydrogens (tertiary/aromatic N) is 2. The van der Waals surface area contributed by atoms with Crippen molar-refractivity contribution in [3.05, 3.63) is 0 Å². The molecule has 0 spiro atoms. The van der Waals surface area contributed by atoms with Crippen LogP contribution in [0.25, 0.3) is 0 Å². The van der Waals surface area contributed by atoms with Crippen molar-refractivity contribution in [1.82, 2.24) is 13.9 Å². The third kappa shape index (κ3) is 5.43. The molecule has 20 heavy (non-hydrogen) atoms. The van der Waals surface area contributed by atoms with E-state index < -0.39 is 16.2 Å². The van der Waals surface area contributed by atoms with Crippen LogP contribution in [0.4, 0.5) is 0 Å². The quantitative estimate of drug-likeness (QED) is 0.613. The van der Waals surface area contributed by atoms with Gasteiger partial charge in [-0.05, 0) is 12.8 Å². The van der Waals surface area contributed by atoms with E-state index in [1.54, 1.807) is 4.90 Å². The lowest BCUT2D eigenvalue weighted by Crippen LogP contribution is -2.41. The van der Waals surface area contributed by atoms with Crippen LogP contribution in [0.5, 0.6) is 0 Å². The molecule has 1 heterocycles. The fraction of sp³-hybridized carbons (Fsp3) is 0.818. The van der Waals surface area contributed by atoms with Gasteiger partial charge in [-0.1, -0.05) is 0 Å². The maximum Gasteiger partial charge on any atom is 0.304 e. The van der Waals surface area contributed by atoms with Crippen molar-refractivity contribution in [2.45, 2.75) is 25.7 Å². The molecule has 116 valence electrons. The maximum absolute atomic E-state index is 11.7. The van der Waals surface area contributed by atoms with Crippen LogP contribution >= 0.6 is 0 Å². The Morgan fingerprint density at radius 3 is 2.40 bits per heavy atom. The number of hydrogen-bond donors (Lipinski definition) is 2. The normalized spacial score (nSPS) is 15.8. The van der Waals surface area contributed by atoms with E-state index in [9.17, 15) is 18.0 Å². The van der Waals surface area contributed by atoms with Crippen LogP contribution in [0, 0.1) is 0 Å². The Morgan fingerprint density at radius 1 is 1.25 bits per heavy atom. The first-order valence-electron chi connectivity index (χ1n) is 6.53. The summed E-state index contributed by atoms with van der Waals surface area (Å²) in [6, 6.07) is 0. The predicted molar refractivity (Wildman–Crippen MR) is 72.2 cm³/mol. The number of rotatable bonds is 8. The molecule has 9 heteroatoms. The Kier molecular flexibility index (Phi) is 6.37. The highest BCUT2D eigenvalue weighted by Crippen LogP contribution is 2.08. The summed E-state index contributed by atoms with van der Waals surface area (Å²) in [5, 5.41) is 8.51. The van der Waals surface area contributed by atoms with Gasteiger partial charge in [-0.15, -0.1) is 0 Å². The molecule has 1 saturated heterocycles. The molecule has 0 aromatic rings. The van der Waals surface area contributed by atoms with Gasteiger partial charge in [0.2, 0.25) is 5.91 Å². The summed E-state index contributed by atoms with van der Waals surface area (Å²) in [5.74, 6) is -1.12. The average molecular weight is 307 g/mol. The van der Waals surface area contributed by atoms with Crippen molar-refractivity contribution in [1.29, 1.82) is 0 Å². The Bertz CT molecular complexity index is 445. The predicted octanol–water partition coefficient (Wildman–Crippen LogP) is -0.760. The minimum atomic E-state index is -3.73. The third-order valence-corrected chi connectivity index (χ3v) is 4.71. The second kappa shape index (κ2) is 7.55. The van der Waals surface area contributed by atoms with Crippen LogP contribution in [0.3, 0.4) is 0 Å². The molecule has 1 rings (SSSR count). The summed E-state index contributed by atoms with van der Waals surface area (Å²) >= 11 is 0. The Labute approximate surface area is 118 Å². The van der Waals surface area contributed by atoms with Crippen molar-refractivity contribution in [3.8, 4) is 0 Å². The van der Waals surface area contributed by atoms with Gasteiger partial charge in [0.15, 0.2) is 0 Å². The Balaban J connectivity index is 2.31. The lowest BCUT2D eigenvalue weighted by atomic mass is 10.4. The minimum Gasteiger partial charge on any atom is -0.481 e. The van der Waals surface area contributed by atoms with Crippen LogP contribution in [-0.4, -0.2) is 67.8 Å². The molecule has 0 atom stereocenters. The average Bonchev–Trinajstić information content (AvgIpc) is 2.89. The topological polar surface area (TPSA) is 107 Å². The van der Waals surface area contributed by atoms with Crippen LogP contribution in [0.1, 0.15) is 25.7 Å². The largest absolute Gasteiger partial charge is 0.481 e. The van der Waals surface area contributed by atoms with Crippen LogP contribution < -0.4 is 4.72 Å². The summed E-state index contributed by atoms with van der Waals surface area (Å²) in [4.78, 5) is 23.8. The molecule has 0 aromatic carbocycles. The van der Waals surface area contributed by atoms with Gasteiger partial charge in [0.25, 0.3) is 10.2 Å². The summed E-state index contributed by atoms with van der Waals surface area (Å²) in [6.45, 7) is 1.40. The van der Waals surface area contributed by atoms with Crippen LogP contribution in [-0.2, 0) is 19.8 Å². The molecular weight excluding hydrogens is 286 g/mol. The first-order valence-corrected chi connectivity index (χ1v) is 7.97. The number of likely N-dealkylation sites (tertiary alicyclic amines) is 1. The molecule has 0 aromatic heterocycles. The fourth-order valence-corrected chi connectivity index (χ4v) is 2.81. The second-order valence-corrected chi connectivity index (χ2v) is 6.56. The van der Waals surface area contributed by atoms with Crippen molar-refractivity contribution >= 4 is 22.1 Å². The molecule has 2 N–H and O–H groups in total. The fourth-order valence-electron chi connectivity index (χ4n) is 1.90. The summed E-state index contributed by atoms with van der Waals surface area (Å²) in [6.07, 6.45) is 1.85. The molecule has 0 bridgehead atoms. The molecule has 1 aliphatic rings. The van der Waals surface area contributed by atoms with Gasteiger partial charge in [-0.3, -0.25) is 9.59 Å². The zero-order valence-electron chi connectivity index (χ0n) is 11.5. The van der Waals surface area contributed by atoms with E-state index in [0.29, 0.717) is 0 Å². The van der Waals surface area contributed by atoms with E-state index >= 15 is 0 Å². The number of carboxylic acids is 1. The van der Waals surface area contributed by atoms with E-state index in [2.05, 4.69) is 4.72 Å². The highest BCUT2D eigenvalue weighted by molar-refractivity contribution is 7.87. The Hall–Kier alpha value is -1.19. The first-order chi connectivity index (χ1) is 9.33. The molecule has 0 unspecified atom stereocenters. The molecule has 1 fully saturated rings. The summed E-state index contributed by atoms with van der Waals surface area (Å²) < 4.78 is 26.7. The molecule has 0 radical (unpaired) electrons. The molecule has 1 amide bonds. The van der Waals surface area contributed by atoms with Gasteiger partial charge in [0.05, 0.1) is 6.42 Å². The number of carbonyl (C=O) groups excluding carboxylic acids is 1. The maximum atomic E-state index is 11.7. The van der Waals surface area contributed by atoms with E-state index in [-0.39, 0.29) is 31.8 Å². The lowest BCUT2D eigenvalue weighted by molar-refractivity contribution is -0.137. The van der Waals surface area contributed by atoms with Crippen LogP contribution in [0.15, 0.2) is 0 Å². The number of hydrogen-bond acceptors (Lipinski definition) is 4. The van der Waals surface area contributed by atoms with Crippen molar-refractivity contribution in [2.24, 2.45) is 0 Å². The summed E-state index contributed by atoms with van der Waals surface area (Å²) in [5.41, 5.74) is 0. The van der Waals surface area contributed by atoms with Crippen molar-refractivity contribution in [3.63, 3.8) is 0 Å². The van der Waals surface area contributed by atoms with Gasteiger partial charge < -0.3 is 10.0 Å². The Morgan fingerprint density at radius 2 is 1.85 bits per heavy atom. The molecule has 0 aliphatic carbocycles. The molecule has 8 nitrogen and oxygen atoms in total. The monoisotopic (exact) mass is 307 g/mol. The lowest BCUT2D eigenvalue weighted by Gasteiger charge is -2.18. The number of aliphatic carboxylic acids is 1. The van der Waals surface area contributed by atoms with Gasteiger partial charge >= 0.3 is 5.97 Å². The van der Waals surface area contributed by atoms with Crippen molar-refractivity contribution in [2.75, 3.05) is 33.2 Å². The van der Waals surface area contributed by atoms with E-state index in [1.807, 2.05) is 0 Å². The SMILES string of the molecule is CN(CCC(=O)O)S(=O)(=O)NCCC(=O)N1CCCC1. The minimum absolute atomic E-state index is 0.0229. The second-order valence-electron chi connectivity index (χ2n) is 4.70. The number of nitrogens with one attached hydrogen (secondary N) is 1. The molecule has 1 aliphatic heterocycles. The number of carboxylic acid groups (broad SMARTS) is 1. The highest BCUT2D eigenvalue weighted by Gasteiger charge is 2.20. The zero-order chi connectivity index (χ0) is 15.2. The molecular formula is C11H21N3O5S. The van der Waals surface area contributed by atoms with Gasteiger partial charge in [-0.2, -0.15) is 12.7 Å². The standard InChI is InChI=1S/C11H21N3O5S/c1-13(9-5-11(16)17)20(18,19)12-6-4-10(15)14-7-2-3-8-14/h12H,2-9H2,1H3,(H,16,17). The zero-order valence-corrected chi connectivity index (χ0v) is 12.4. The molecule has 0 saturated carbocycles. The number of carbonyl (C=O) groups is 2. The van der Waals surface area contributed by atoms with E-state index in [1.165, 1.54) is 7.05 Å². The highest BCUT2D eigenvalue weighted by atomic mass is 32.2. The summed E-state index contributed by atoms with van der Waals surface area (Å²) in [7, 11) is -2.43. The third-order valence-electron chi connectivity index (χ3n) is 3.13. The van der Waals surface area contributed by atoms with Crippen LogP contribution in [0.2, 0.25) is 0 Å². The van der Waals surface area contributed by atoms with E-state index in [4.69, 9.17) is 5.11 Å². The first kappa shape index (κ1) is 16.9.